The first-order valence-electron chi connectivity index (χ1n) is 5.16. The second kappa shape index (κ2) is 5.01. The van der Waals surface area contributed by atoms with Gasteiger partial charge in [0.25, 0.3) is 5.56 Å². The normalized spacial score (nSPS) is 10.4. The summed E-state index contributed by atoms with van der Waals surface area (Å²) in [6.07, 6.45) is 1.68. The van der Waals surface area contributed by atoms with Gasteiger partial charge >= 0.3 is 11.7 Å². The second-order valence-electron chi connectivity index (χ2n) is 3.68. The Bertz CT molecular complexity index is 669. The molecule has 2 aromatic rings. The van der Waals surface area contributed by atoms with Crippen LogP contribution in [0.25, 0.3) is 0 Å². The third kappa shape index (κ3) is 2.57. The van der Waals surface area contributed by atoms with E-state index in [1.807, 2.05) is 21.8 Å². The molecule has 0 aliphatic heterocycles. The van der Waals surface area contributed by atoms with Gasteiger partial charge < -0.3 is 5.11 Å². The van der Waals surface area contributed by atoms with Crippen LogP contribution in [0.5, 0.6) is 0 Å². The van der Waals surface area contributed by atoms with E-state index in [4.69, 9.17) is 5.11 Å². The summed E-state index contributed by atoms with van der Waals surface area (Å²) in [6.45, 7) is 0.326. The van der Waals surface area contributed by atoms with Crippen molar-refractivity contribution >= 4 is 17.3 Å². The lowest BCUT2D eigenvalue weighted by atomic mass is 10.2. The summed E-state index contributed by atoms with van der Waals surface area (Å²) in [5, 5.41) is 12.7. The van der Waals surface area contributed by atoms with Gasteiger partial charge in [-0.25, -0.2) is 9.59 Å². The quantitative estimate of drug-likeness (QED) is 0.844. The van der Waals surface area contributed by atoms with E-state index >= 15 is 0 Å². The van der Waals surface area contributed by atoms with E-state index in [1.54, 1.807) is 11.3 Å². The fourth-order valence-corrected chi connectivity index (χ4v) is 2.22. The topological polar surface area (TPSA) is 92.2 Å². The summed E-state index contributed by atoms with van der Waals surface area (Å²) in [7, 11) is 0. The summed E-state index contributed by atoms with van der Waals surface area (Å²) in [5.74, 6) is -1.35. The maximum Gasteiger partial charge on any atom is 0.342 e. The zero-order valence-corrected chi connectivity index (χ0v) is 10.1. The van der Waals surface area contributed by atoms with Crippen molar-refractivity contribution < 1.29 is 9.90 Å². The molecule has 0 aliphatic rings. The molecule has 7 heteroatoms. The maximum atomic E-state index is 11.5. The highest BCUT2D eigenvalue weighted by atomic mass is 32.1. The Morgan fingerprint density at radius 3 is 2.83 bits per heavy atom. The van der Waals surface area contributed by atoms with Crippen molar-refractivity contribution in [2.24, 2.45) is 0 Å². The largest absolute Gasteiger partial charge is 0.477 e. The SMILES string of the molecule is O=C(O)c1cn(CCc2ccsc2)c(=O)[nH]c1=O. The van der Waals surface area contributed by atoms with E-state index in [1.165, 1.54) is 4.57 Å². The van der Waals surface area contributed by atoms with Gasteiger partial charge in [-0.1, -0.05) is 0 Å². The molecule has 0 amide bonds. The van der Waals surface area contributed by atoms with Crippen LogP contribution in [0.1, 0.15) is 15.9 Å². The monoisotopic (exact) mass is 266 g/mol. The predicted molar refractivity (Wildman–Crippen MR) is 66.3 cm³/mol. The first-order chi connectivity index (χ1) is 8.58. The Kier molecular flexibility index (Phi) is 3.42. The van der Waals surface area contributed by atoms with E-state index in [2.05, 4.69) is 0 Å². The minimum atomic E-state index is -1.35. The Morgan fingerprint density at radius 1 is 1.44 bits per heavy atom. The van der Waals surface area contributed by atoms with Gasteiger partial charge in [-0.15, -0.1) is 0 Å². The fourth-order valence-electron chi connectivity index (χ4n) is 1.51. The van der Waals surface area contributed by atoms with Crippen molar-refractivity contribution in [3.63, 3.8) is 0 Å². The third-order valence-electron chi connectivity index (χ3n) is 2.46. The maximum absolute atomic E-state index is 11.5. The molecule has 0 saturated carbocycles. The molecule has 94 valence electrons. The zero-order valence-electron chi connectivity index (χ0n) is 9.25. The molecule has 0 atom stereocenters. The van der Waals surface area contributed by atoms with E-state index in [-0.39, 0.29) is 0 Å². The lowest BCUT2D eigenvalue weighted by molar-refractivity contribution is 0.0693. The van der Waals surface area contributed by atoms with Crippen molar-refractivity contribution in [3.8, 4) is 0 Å². The molecule has 2 aromatic heterocycles. The molecule has 0 fully saturated rings. The van der Waals surface area contributed by atoms with Gasteiger partial charge in [0.1, 0.15) is 5.56 Å². The lowest BCUT2D eigenvalue weighted by Gasteiger charge is -2.04. The van der Waals surface area contributed by atoms with Gasteiger partial charge in [-0.3, -0.25) is 14.3 Å². The molecule has 0 aliphatic carbocycles. The molecule has 0 bridgehead atoms. The summed E-state index contributed by atoms with van der Waals surface area (Å²) >= 11 is 1.55. The standard InChI is InChI=1S/C11H10N2O4S/c14-9-8(10(15)16)5-13(11(17)12-9)3-1-7-2-4-18-6-7/h2,4-6H,1,3H2,(H,15,16)(H,12,14,17). The van der Waals surface area contributed by atoms with Crippen LogP contribution in [0.3, 0.4) is 0 Å². The number of thiophene rings is 1. The zero-order chi connectivity index (χ0) is 13.1. The summed E-state index contributed by atoms with van der Waals surface area (Å²) in [5.41, 5.74) is -0.839. The number of H-pyrrole nitrogens is 1. The van der Waals surface area contributed by atoms with Crippen LogP contribution in [0.2, 0.25) is 0 Å². The summed E-state index contributed by atoms with van der Waals surface area (Å²) < 4.78 is 1.20. The number of aromatic amines is 1. The average Bonchev–Trinajstić information content (AvgIpc) is 2.80. The number of aromatic carboxylic acids is 1. The molecule has 2 heterocycles. The number of nitrogens with one attached hydrogen (secondary N) is 1. The van der Waals surface area contributed by atoms with Crippen molar-refractivity contribution in [3.05, 3.63) is 55.0 Å². The molecule has 2 rings (SSSR count). The molecule has 0 radical (unpaired) electrons. The summed E-state index contributed by atoms with van der Waals surface area (Å²) in [4.78, 5) is 35.5. The Morgan fingerprint density at radius 2 is 2.22 bits per heavy atom. The van der Waals surface area contributed by atoms with Gasteiger partial charge in [0, 0.05) is 12.7 Å². The highest BCUT2D eigenvalue weighted by Crippen LogP contribution is 2.07. The average molecular weight is 266 g/mol. The third-order valence-corrected chi connectivity index (χ3v) is 3.19. The molecular formula is C11H10N2O4S. The highest BCUT2D eigenvalue weighted by Gasteiger charge is 2.11. The molecule has 0 saturated heterocycles. The van der Waals surface area contributed by atoms with Crippen LogP contribution in [0.15, 0.2) is 32.6 Å². The molecule has 6 nitrogen and oxygen atoms in total. The van der Waals surface area contributed by atoms with Crippen molar-refractivity contribution in [2.75, 3.05) is 0 Å². The first kappa shape index (κ1) is 12.3. The summed E-state index contributed by atoms with van der Waals surface area (Å²) in [6, 6.07) is 1.93. The number of nitrogens with zero attached hydrogens (tertiary/aromatic N) is 1. The first-order valence-corrected chi connectivity index (χ1v) is 6.10. The number of hydrogen-bond donors (Lipinski definition) is 2. The van der Waals surface area contributed by atoms with Crippen LogP contribution in [-0.2, 0) is 13.0 Å². The van der Waals surface area contributed by atoms with E-state index < -0.39 is 22.8 Å². The van der Waals surface area contributed by atoms with Crippen LogP contribution in [0, 0.1) is 0 Å². The fraction of sp³-hybridized carbons (Fsp3) is 0.182. The second-order valence-corrected chi connectivity index (χ2v) is 4.46. The van der Waals surface area contributed by atoms with E-state index in [0.29, 0.717) is 13.0 Å². The number of carboxylic acids is 1. The molecule has 2 N–H and O–H groups in total. The Balaban J connectivity index is 2.28. The number of aromatic nitrogens is 2. The van der Waals surface area contributed by atoms with Crippen LogP contribution in [0.4, 0.5) is 0 Å². The Labute approximate surface area is 105 Å². The minimum Gasteiger partial charge on any atom is -0.477 e. The van der Waals surface area contributed by atoms with E-state index in [0.717, 1.165) is 11.8 Å². The van der Waals surface area contributed by atoms with Gasteiger partial charge in [0.15, 0.2) is 0 Å². The lowest BCUT2D eigenvalue weighted by Crippen LogP contribution is -2.33. The van der Waals surface area contributed by atoms with E-state index in [9.17, 15) is 14.4 Å². The molecular weight excluding hydrogens is 256 g/mol. The smallest absolute Gasteiger partial charge is 0.342 e. The Hall–Kier alpha value is -2.15. The number of rotatable bonds is 4. The van der Waals surface area contributed by atoms with Crippen LogP contribution < -0.4 is 11.2 Å². The molecule has 0 unspecified atom stereocenters. The molecule has 0 spiro atoms. The number of carbonyl (C=O) groups is 1. The minimum absolute atomic E-state index is 0.326. The molecule has 18 heavy (non-hydrogen) atoms. The number of aryl methyl sites for hydroxylation is 2. The van der Waals surface area contributed by atoms with Crippen LogP contribution >= 0.6 is 11.3 Å². The number of carboxylic acid groups (broad SMARTS) is 1. The van der Waals surface area contributed by atoms with Crippen molar-refractivity contribution in [1.29, 1.82) is 0 Å². The van der Waals surface area contributed by atoms with Crippen molar-refractivity contribution in [1.82, 2.24) is 9.55 Å². The highest BCUT2D eigenvalue weighted by molar-refractivity contribution is 7.07. The van der Waals surface area contributed by atoms with Gasteiger partial charge in [-0.05, 0) is 28.8 Å². The van der Waals surface area contributed by atoms with Crippen molar-refractivity contribution in [2.45, 2.75) is 13.0 Å². The molecule has 0 aromatic carbocycles. The predicted octanol–water partition coefficient (Wildman–Crippen LogP) is 0.539. The van der Waals surface area contributed by atoms with Gasteiger partial charge in [0.2, 0.25) is 0 Å². The van der Waals surface area contributed by atoms with Crippen LogP contribution in [-0.4, -0.2) is 20.6 Å². The van der Waals surface area contributed by atoms with Gasteiger partial charge in [-0.2, -0.15) is 11.3 Å². The number of hydrogen-bond acceptors (Lipinski definition) is 4. The van der Waals surface area contributed by atoms with Gasteiger partial charge in [0.05, 0.1) is 0 Å².